The number of hydrogen-bond donors (Lipinski definition) is 0. The molecule has 0 atom stereocenters. The van der Waals surface area contributed by atoms with Gasteiger partial charge in [-0.3, -0.25) is 0 Å². The van der Waals surface area contributed by atoms with Crippen LogP contribution in [0.25, 0.3) is 22.3 Å². The summed E-state index contributed by atoms with van der Waals surface area (Å²) in [5.74, 6) is 1.14. The molecule has 0 radical (unpaired) electrons. The Kier molecular flexibility index (Phi) is 20.1. The molecule has 0 N–H and O–H groups in total. The zero-order chi connectivity index (χ0) is 22.3. The molecule has 0 aliphatic heterocycles. The minimum absolute atomic E-state index is 0. The number of hydrogen-bond acceptors (Lipinski definition) is 0. The molecule has 0 spiro atoms. The van der Waals surface area contributed by atoms with E-state index < -0.39 is 0 Å². The van der Waals surface area contributed by atoms with E-state index in [0.717, 1.165) is 0 Å². The van der Waals surface area contributed by atoms with Gasteiger partial charge in [0.05, 0.1) is 0 Å². The maximum atomic E-state index is 3.37. The average molecular weight is 548 g/mol. The third-order valence-electron chi connectivity index (χ3n) is 5.13. The summed E-state index contributed by atoms with van der Waals surface area (Å²) >= 11 is 2.03. The molecular formula is C30H40Cl2SiTi-4. The summed E-state index contributed by atoms with van der Waals surface area (Å²) in [7, 11) is 1.86. The van der Waals surface area contributed by atoms with E-state index in [4.69, 9.17) is 0 Å². The van der Waals surface area contributed by atoms with Crippen LogP contribution in [0.4, 0.5) is 0 Å². The van der Waals surface area contributed by atoms with Crippen molar-refractivity contribution in [3.8, 4) is 22.3 Å². The Bertz CT molecular complexity index is 947. The fourth-order valence-electron chi connectivity index (χ4n) is 3.77. The van der Waals surface area contributed by atoms with Crippen molar-refractivity contribution in [2.45, 2.75) is 53.4 Å². The average Bonchev–Trinajstić information content (AvgIpc) is 3.10. The molecule has 4 heteroatoms. The van der Waals surface area contributed by atoms with Crippen molar-refractivity contribution in [2.75, 3.05) is 0 Å². The van der Waals surface area contributed by atoms with Crippen LogP contribution in [-0.4, -0.2) is 7.63 Å². The topological polar surface area (TPSA) is 0 Å². The van der Waals surface area contributed by atoms with Crippen LogP contribution in [0.15, 0.2) is 60.7 Å². The predicted octanol–water partition coefficient (Wildman–Crippen LogP) is 8.87. The van der Waals surface area contributed by atoms with Crippen LogP contribution in [0, 0.1) is 40.8 Å². The van der Waals surface area contributed by atoms with Crippen LogP contribution in [0.3, 0.4) is 0 Å². The quantitative estimate of drug-likeness (QED) is 0.174. The minimum atomic E-state index is 0. The normalized spacial score (nSPS) is 9.26. The summed E-state index contributed by atoms with van der Waals surface area (Å²) in [4.78, 5) is 0. The third-order valence-corrected chi connectivity index (χ3v) is 5.13. The molecule has 0 bridgehead atoms. The molecule has 4 aliphatic carbocycles. The van der Waals surface area contributed by atoms with Gasteiger partial charge < -0.3 is 14.9 Å². The van der Waals surface area contributed by atoms with Crippen molar-refractivity contribution in [1.29, 1.82) is 0 Å². The van der Waals surface area contributed by atoms with Crippen molar-refractivity contribution < 1.29 is 19.2 Å². The van der Waals surface area contributed by atoms with E-state index >= 15 is 0 Å². The Morgan fingerprint density at radius 3 is 1.21 bits per heavy atom. The first-order chi connectivity index (χ1) is 14.4. The van der Waals surface area contributed by atoms with E-state index in [1.165, 1.54) is 44.5 Å². The number of fused-ring (bicyclic) bond motifs is 2. The molecule has 0 amide bonds. The zero-order valence-corrected chi connectivity index (χ0v) is 26.6. The molecule has 0 saturated heterocycles. The van der Waals surface area contributed by atoms with Gasteiger partial charge >= 0.3 is 26.8 Å². The van der Waals surface area contributed by atoms with Gasteiger partial charge in [0, 0.05) is 0 Å². The summed E-state index contributed by atoms with van der Waals surface area (Å²) in [5, 5.41) is 0. The van der Waals surface area contributed by atoms with E-state index in [2.05, 4.69) is 114 Å². The predicted molar refractivity (Wildman–Crippen MR) is 157 cm³/mol. The molecule has 0 aromatic heterocycles. The van der Waals surface area contributed by atoms with Crippen LogP contribution in [-0.2, 0) is 19.2 Å². The van der Waals surface area contributed by atoms with Gasteiger partial charge in [0.15, 0.2) is 0 Å². The van der Waals surface area contributed by atoms with E-state index in [9.17, 15) is 0 Å². The first kappa shape index (κ1) is 37.5. The summed E-state index contributed by atoms with van der Waals surface area (Å²) in [5.41, 5.74) is 10.4. The molecule has 0 fully saturated rings. The summed E-state index contributed by atoms with van der Waals surface area (Å²) < 4.78 is 0. The second-order valence-corrected chi connectivity index (χ2v) is 8.22. The zero-order valence-electron chi connectivity index (χ0n) is 22.0. The van der Waals surface area contributed by atoms with Gasteiger partial charge in [-0.15, -0.1) is 83.5 Å². The van der Waals surface area contributed by atoms with Gasteiger partial charge in [-0.05, 0) is 11.8 Å². The van der Waals surface area contributed by atoms with E-state index in [1.807, 2.05) is 26.8 Å². The first-order valence-electron chi connectivity index (χ1n) is 10.5. The van der Waals surface area contributed by atoms with E-state index in [0.29, 0.717) is 11.8 Å². The van der Waals surface area contributed by atoms with Crippen LogP contribution < -0.4 is 0 Å². The van der Waals surface area contributed by atoms with Crippen molar-refractivity contribution in [3.05, 3.63) is 110 Å². The summed E-state index contributed by atoms with van der Waals surface area (Å²) in [6.07, 6.45) is 0. The van der Waals surface area contributed by atoms with Gasteiger partial charge in [0.1, 0.15) is 0 Å². The number of halogens is 2. The summed E-state index contributed by atoms with van der Waals surface area (Å²) in [6, 6.07) is 28.3. The van der Waals surface area contributed by atoms with Crippen LogP contribution in [0.5, 0.6) is 0 Å². The van der Waals surface area contributed by atoms with Crippen LogP contribution in [0.1, 0.15) is 61.8 Å². The molecule has 0 aromatic rings. The molecule has 0 saturated carbocycles. The third kappa shape index (κ3) is 9.88. The maximum absolute atomic E-state index is 3.37. The Morgan fingerprint density at radius 1 is 0.618 bits per heavy atom. The van der Waals surface area contributed by atoms with Crippen molar-refractivity contribution in [3.63, 3.8) is 0 Å². The molecular weight excluding hydrogens is 507 g/mol. The van der Waals surface area contributed by atoms with Crippen molar-refractivity contribution >= 4 is 32.4 Å². The Morgan fingerprint density at radius 2 is 0.912 bits per heavy atom. The van der Waals surface area contributed by atoms with E-state index in [1.54, 1.807) is 0 Å². The molecule has 34 heavy (non-hydrogen) atoms. The first-order valence-corrected chi connectivity index (χ1v) is 14.6. The molecule has 4 aliphatic rings. The second-order valence-electron chi connectivity index (χ2n) is 8.22. The number of aryl methyl sites for hydroxylation is 2. The van der Waals surface area contributed by atoms with Gasteiger partial charge in [0.25, 0.3) is 0 Å². The molecule has 0 unspecified atom stereocenters. The fourth-order valence-corrected chi connectivity index (χ4v) is 3.77. The Labute approximate surface area is 235 Å². The van der Waals surface area contributed by atoms with Gasteiger partial charge in [0.2, 0.25) is 0 Å². The number of rotatable bonds is 2. The van der Waals surface area contributed by atoms with Crippen molar-refractivity contribution in [2.24, 2.45) is 0 Å². The van der Waals surface area contributed by atoms with Gasteiger partial charge in [-0.2, -0.15) is 23.3 Å². The molecule has 0 nitrogen and oxygen atoms in total. The molecule has 4 rings (SSSR count). The van der Waals surface area contributed by atoms with Crippen LogP contribution in [0.2, 0.25) is 0 Å². The molecule has 0 aromatic carbocycles. The van der Waals surface area contributed by atoms with Gasteiger partial charge in [-0.25, -0.2) is 0 Å². The van der Waals surface area contributed by atoms with Gasteiger partial charge in [-0.1, -0.05) is 76.9 Å². The van der Waals surface area contributed by atoms with Crippen molar-refractivity contribution in [1.82, 2.24) is 0 Å². The summed E-state index contributed by atoms with van der Waals surface area (Å²) in [6.45, 7) is 13.1. The monoisotopic (exact) mass is 546 g/mol. The molecule has 0 heterocycles. The second kappa shape index (κ2) is 18.2. The Balaban J connectivity index is -0.000000475. The molecule has 186 valence electrons. The fraction of sp³-hybridized carbons (Fsp3) is 0.267. The van der Waals surface area contributed by atoms with E-state index in [-0.39, 0.29) is 39.7 Å². The standard InChI is InChI=1S/2C14H15.2CH3.2ClH.H2Si.Ti/c2*1-10(2)13-7-5-4-6-12-8-11(3)9-14(12)13;;;;;;/h2*4-7,9-10H,1-3H3;2*1H3;2*1H;1H2;/q4*-1;;;;. The van der Waals surface area contributed by atoms with Crippen LogP contribution >= 0.6 is 24.8 Å². The SMILES string of the molecule is Cc1[c-]c2ccccc(C(C)C)c-2c1.Cc1[c-]c2ccccc(C(C)C)c-2c1.Cl.Cl.[CH3-].[CH3-].[SiH2]=[Ti]. The Hall–Kier alpha value is -1.09.